The van der Waals surface area contributed by atoms with E-state index < -0.39 is 0 Å². The second-order valence-electron chi connectivity index (χ2n) is 6.09. The Bertz CT molecular complexity index is 725. The van der Waals surface area contributed by atoms with Crippen LogP contribution in [0.25, 0.3) is 0 Å². The van der Waals surface area contributed by atoms with Crippen LogP contribution in [0, 0.1) is 0 Å². The lowest BCUT2D eigenvalue weighted by molar-refractivity contribution is 0.264. The van der Waals surface area contributed by atoms with Crippen LogP contribution in [0.15, 0.2) is 65.2 Å². The highest BCUT2D eigenvalue weighted by atomic mass is 16.5. The molecule has 2 aromatic carbocycles. The highest BCUT2D eigenvalue weighted by molar-refractivity contribution is 5.18. The quantitative estimate of drug-likeness (QED) is 0.634. The van der Waals surface area contributed by atoms with E-state index in [0.29, 0.717) is 18.9 Å². The van der Waals surface area contributed by atoms with E-state index in [1.54, 1.807) is 0 Å². The van der Waals surface area contributed by atoms with Gasteiger partial charge in [-0.3, -0.25) is 4.90 Å². The molecular weight excluding hydrogens is 298 g/mol. The minimum Gasteiger partial charge on any atom is -0.338 e. The van der Waals surface area contributed by atoms with Crippen molar-refractivity contribution < 1.29 is 4.52 Å². The van der Waals surface area contributed by atoms with Crippen LogP contribution in [-0.4, -0.2) is 28.6 Å². The molecule has 0 unspecified atom stereocenters. The zero-order valence-corrected chi connectivity index (χ0v) is 14.1. The molecule has 0 amide bonds. The first-order chi connectivity index (χ1) is 11.8. The third-order valence-electron chi connectivity index (χ3n) is 3.97. The lowest BCUT2D eigenvalue weighted by Gasteiger charge is -2.13. The molecule has 4 heteroatoms. The summed E-state index contributed by atoms with van der Waals surface area (Å²) in [6, 6.07) is 20.8. The largest absolute Gasteiger partial charge is 0.338 e. The van der Waals surface area contributed by atoms with Gasteiger partial charge < -0.3 is 4.52 Å². The standard InChI is InChI=1S/C20H23N3O/c1-23(14-8-13-17-9-4-2-5-10-17)16-20-21-19(22-24-20)15-18-11-6-3-7-12-18/h2-7,9-12H,8,13-16H2,1H3. The Morgan fingerprint density at radius 2 is 1.58 bits per heavy atom. The van der Waals surface area contributed by atoms with Crippen LogP contribution in [0.2, 0.25) is 0 Å². The fourth-order valence-electron chi connectivity index (χ4n) is 2.71. The summed E-state index contributed by atoms with van der Waals surface area (Å²) in [6.45, 7) is 1.70. The summed E-state index contributed by atoms with van der Waals surface area (Å²) in [5.41, 5.74) is 2.58. The number of rotatable bonds is 8. The Morgan fingerprint density at radius 1 is 0.917 bits per heavy atom. The van der Waals surface area contributed by atoms with E-state index in [9.17, 15) is 0 Å². The topological polar surface area (TPSA) is 42.2 Å². The van der Waals surface area contributed by atoms with Crippen molar-refractivity contribution in [1.29, 1.82) is 0 Å². The van der Waals surface area contributed by atoms with Crippen molar-refractivity contribution >= 4 is 0 Å². The van der Waals surface area contributed by atoms with E-state index in [1.807, 2.05) is 18.2 Å². The van der Waals surface area contributed by atoms with E-state index >= 15 is 0 Å². The average Bonchev–Trinajstić information content (AvgIpc) is 3.03. The summed E-state index contributed by atoms with van der Waals surface area (Å²) in [5.74, 6) is 1.43. The smallest absolute Gasteiger partial charge is 0.240 e. The van der Waals surface area contributed by atoms with Crippen LogP contribution in [0.4, 0.5) is 0 Å². The van der Waals surface area contributed by atoms with Crippen LogP contribution in [0.3, 0.4) is 0 Å². The maximum Gasteiger partial charge on any atom is 0.240 e. The van der Waals surface area contributed by atoms with Gasteiger partial charge in [0.15, 0.2) is 5.82 Å². The van der Waals surface area contributed by atoms with Crippen molar-refractivity contribution in [2.24, 2.45) is 0 Å². The van der Waals surface area contributed by atoms with E-state index in [1.165, 1.54) is 11.1 Å². The maximum absolute atomic E-state index is 5.37. The molecule has 124 valence electrons. The molecule has 0 saturated carbocycles. The Morgan fingerprint density at radius 3 is 2.29 bits per heavy atom. The molecule has 0 atom stereocenters. The highest BCUT2D eigenvalue weighted by Gasteiger charge is 2.09. The van der Waals surface area contributed by atoms with Crippen LogP contribution in [0.5, 0.6) is 0 Å². The number of benzene rings is 2. The van der Waals surface area contributed by atoms with Gasteiger partial charge in [0.1, 0.15) is 0 Å². The van der Waals surface area contributed by atoms with Crippen LogP contribution in [-0.2, 0) is 19.4 Å². The van der Waals surface area contributed by atoms with Crippen molar-refractivity contribution in [2.45, 2.75) is 25.8 Å². The summed E-state index contributed by atoms with van der Waals surface area (Å²) < 4.78 is 5.37. The Balaban J connectivity index is 1.44. The first kappa shape index (κ1) is 16.4. The molecule has 0 aliphatic carbocycles. The summed E-state index contributed by atoms with van der Waals surface area (Å²) in [4.78, 5) is 6.72. The predicted octanol–water partition coefficient (Wildman–Crippen LogP) is 3.73. The number of hydrogen-bond donors (Lipinski definition) is 0. The second-order valence-corrected chi connectivity index (χ2v) is 6.09. The molecule has 0 bridgehead atoms. The molecule has 0 fully saturated rings. The lowest BCUT2D eigenvalue weighted by Crippen LogP contribution is -2.19. The molecule has 24 heavy (non-hydrogen) atoms. The molecule has 0 aliphatic heterocycles. The van der Waals surface area contributed by atoms with Gasteiger partial charge in [-0.25, -0.2) is 0 Å². The number of hydrogen-bond acceptors (Lipinski definition) is 4. The van der Waals surface area contributed by atoms with Crippen LogP contribution < -0.4 is 0 Å². The van der Waals surface area contributed by atoms with Gasteiger partial charge >= 0.3 is 0 Å². The number of aryl methyl sites for hydroxylation is 1. The van der Waals surface area contributed by atoms with Gasteiger partial charge in [-0.2, -0.15) is 4.98 Å². The maximum atomic E-state index is 5.37. The molecule has 0 aliphatic rings. The van der Waals surface area contributed by atoms with Gasteiger partial charge in [-0.05, 0) is 37.6 Å². The number of aromatic nitrogens is 2. The highest BCUT2D eigenvalue weighted by Crippen LogP contribution is 2.09. The van der Waals surface area contributed by atoms with Crippen molar-refractivity contribution in [2.75, 3.05) is 13.6 Å². The fourth-order valence-corrected chi connectivity index (χ4v) is 2.71. The summed E-state index contributed by atoms with van der Waals surface area (Å²) in [7, 11) is 2.09. The molecule has 1 aromatic heterocycles. The normalized spacial score (nSPS) is 11.1. The first-order valence-electron chi connectivity index (χ1n) is 8.37. The molecule has 0 radical (unpaired) electrons. The molecule has 0 saturated heterocycles. The molecule has 1 heterocycles. The minimum atomic E-state index is 0.683. The first-order valence-corrected chi connectivity index (χ1v) is 8.37. The molecule has 3 aromatic rings. The van der Waals surface area contributed by atoms with E-state index in [-0.39, 0.29) is 0 Å². The Kier molecular flexibility index (Phi) is 5.75. The van der Waals surface area contributed by atoms with Gasteiger partial charge in [-0.1, -0.05) is 65.8 Å². The van der Waals surface area contributed by atoms with Gasteiger partial charge in [-0.15, -0.1) is 0 Å². The molecular formula is C20H23N3O. The molecule has 3 rings (SSSR count). The third kappa shape index (κ3) is 5.03. The second kappa shape index (κ2) is 8.41. The summed E-state index contributed by atoms with van der Waals surface area (Å²) >= 11 is 0. The third-order valence-corrected chi connectivity index (χ3v) is 3.97. The van der Waals surface area contributed by atoms with Crippen LogP contribution in [0.1, 0.15) is 29.3 Å². The molecule has 4 nitrogen and oxygen atoms in total. The number of nitrogens with zero attached hydrogens (tertiary/aromatic N) is 3. The Labute approximate surface area is 143 Å². The van der Waals surface area contributed by atoms with Crippen LogP contribution >= 0.6 is 0 Å². The van der Waals surface area contributed by atoms with Crippen molar-refractivity contribution in [3.05, 3.63) is 83.5 Å². The predicted molar refractivity (Wildman–Crippen MR) is 94.6 cm³/mol. The minimum absolute atomic E-state index is 0.683. The van der Waals surface area contributed by atoms with Gasteiger partial charge in [0.25, 0.3) is 0 Å². The van der Waals surface area contributed by atoms with Gasteiger partial charge in [0.05, 0.1) is 6.54 Å². The van der Waals surface area contributed by atoms with Gasteiger partial charge in [0, 0.05) is 6.42 Å². The monoisotopic (exact) mass is 321 g/mol. The lowest BCUT2D eigenvalue weighted by atomic mass is 10.1. The molecule has 0 N–H and O–H groups in total. The van der Waals surface area contributed by atoms with Gasteiger partial charge in [0.2, 0.25) is 5.89 Å². The molecule has 0 spiro atoms. The van der Waals surface area contributed by atoms with E-state index in [0.717, 1.165) is 25.2 Å². The van der Waals surface area contributed by atoms with Crippen molar-refractivity contribution in [1.82, 2.24) is 15.0 Å². The van der Waals surface area contributed by atoms with E-state index in [4.69, 9.17) is 4.52 Å². The fraction of sp³-hybridized carbons (Fsp3) is 0.300. The summed E-state index contributed by atoms with van der Waals surface area (Å²) in [6.07, 6.45) is 2.92. The zero-order valence-electron chi connectivity index (χ0n) is 14.1. The summed E-state index contributed by atoms with van der Waals surface area (Å²) in [5, 5.41) is 4.08. The average molecular weight is 321 g/mol. The SMILES string of the molecule is CN(CCCc1ccccc1)Cc1nc(Cc2ccccc2)no1. The van der Waals surface area contributed by atoms with E-state index in [2.05, 4.69) is 64.6 Å². The zero-order chi connectivity index (χ0) is 16.6. The Hall–Kier alpha value is -2.46. The van der Waals surface area contributed by atoms with Crippen molar-refractivity contribution in [3.63, 3.8) is 0 Å². The van der Waals surface area contributed by atoms with Crippen molar-refractivity contribution in [3.8, 4) is 0 Å².